The molecule has 1 aliphatic rings. The van der Waals surface area contributed by atoms with Crippen LogP contribution in [0.25, 0.3) is 0 Å². The van der Waals surface area contributed by atoms with E-state index in [2.05, 4.69) is 21.3 Å². The number of aromatic nitrogens is 1. The maximum absolute atomic E-state index is 12.8. The van der Waals surface area contributed by atoms with E-state index in [1.807, 2.05) is 25.1 Å². The van der Waals surface area contributed by atoms with Gasteiger partial charge in [-0.3, -0.25) is 9.69 Å². The number of esters is 1. The number of aliphatic hydroxyl groups is 1. The van der Waals surface area contributed by atoms with Crippen LogP contribution in [0.3, 0.4) is 0 Å². The van der Waals surface area contributed by atoms with E-state index in [1.54, 1.807) is 6.92 Å². The zero-order chi connectivity index (χ0) is 21.0. The minimum Gasteiger partial charge on any atom is -0.465 e. The van der Waals surface area contributed by atoms with Gasteiger partial charge in [0.2, 0.25) is 0 Å². The molecule has 0 spiro atoms. The third-order valence-corrected chi connectivity index (χ3v) is 5.50. The Kier molecular flexibility index (Phi) is 6.71. The number of hydrogen-bond donors (Lipinski definition) is 3. The van der Waals surface area contributed by atoms with Gasteiger partial charge in [0, 0.05) is 31.9 Å². The molecule has 156 valence electrons. The Morgan fingerprint density at radius 3 is 2.66 bits per heavy atom. The van der Waals surface area contributed by atoms with Crippen LogP contribution in [0, 0.1) is 6.92 Å². The number of amides is 1. The van der Waals surface area contributed by atoms with Gasteiger partial charge in [-0.2, -0.15) is 0 Å². The van der Waals surface area contributed by atoms with E-state index >= 15 is 0 Å². The smallest absolute Gasteiger partial charge is 0.339 e. The van der Waals surface area contributed by atoms with Crippen LogP contribution in [0.5, 0.6) is 0 Å². The minimum atomic E-state index is -0.437. The molecular weight excluding hydrogens is 370 g/mol. The molecule has 1 saturated heterocycles. The second-order valence-corrected chi connectivity index (χ2v) is 7.45. The van der Waals surface area contributed by atoms with E-state index in [-0.39, 0.29) is 12.0 Å². The van der Waals surface area contributed by atoms with Crippen molar-refractivity contribution in [2.75, 3.05) is 20.2 Å². The highest BCUT2D eigenvalue weighted by molar-refractivity contribution is 6.00. The van der Waals surface area contributed by atoms with Gasteiger partial charge in [-0.1, -0.05) is 31.2 Å². The average Bonchev–Trinajstić information content (AvgIpc) is 3.28. The summed E-state index contributed by atoms with van der Waals surface area (Å²) in [4.78, 5) is 30.2. The molecule has 3 N–H and O–H groups in total. The Labute approximate surface area is 171 Å². The van der Waals surface area contributed by atoms with Crippen molar-refractivity contribution in [2.45, 2.75) is 45.9 Å². The van der Waals surface area contributed by atoms with Crippen LogP contribution in [-0.4, -0.2) is 53.2 Å². The first-order valence-electron chi connectivity index (χ1n) is 9.99. The van der Waals surface area contributed by atoms with Gasteiger partial charge in [0.1, 0.15) is 5.69 Å². The number of aryl methyl sites for hydroxylation is 1. The summed E-state index contributed by atoms with van der Waals surface area (Å²) in [5.41, 5.74) is 4.30. The summed E-state index contributed by atoms with van der Waals surface area (Å²) in [7, 11) is 1.34. The zero-order valence-corrected chi connectivity index (χ0v) is 17.2. The zero-order valence-electron chi connectivity index (χ0n) is 17.2. The summed E-state index contributed by atoms with van der Waals surface area (Å²) < 4.78 is 4.86. The van der Waals surface area contributed by atoms with Crippen molar-refractivity contribution in [3.05, 3.63) is 57.9 Å². The summed E-state index contributed by atoms with van der Waals surface area (Å²) in [6.07, 6.45) is 1.14. The van der Waals surface area contributed by atoms with Crippen molar-refractivity contribution in [3.63, 3.8) is 0 Å². The second-order valence-electron chi connectivity index (χ2n) is 7.45. The maximum Gasteiger partial charge on any atom is 0.339 e. The van der Waals surface area contributed by atoms with Crippen molar-refractivity contribution in [2.24, 2.45) is 0 Å². The molecule has 1 unspecified atom stereocenters. The van der Waals surface area contributed by atoms with Crippen LogP contribution in [0.2, 0.25) is 0 Å². The first-order valence-corrected chi connectivity index (χ1v) is 9.99. The van der Waals surface area contributed by atoms with Crippen LogP contribution < -0.4 is 5.32 Å². The lowest BCUT2D eigenvalue weighted by Crippen LogP contribution is -2.26. The summed E-state index contributed by atoms with van der Waals surface area (Å²) >= 11 is 0. The third kappa shape index (κ3) is 4.68. The number of benzene rings is 1. The SMILES string of the molecule is CCc1[nH]c(C(=O)NCc2ccccc2CN2CCC(O)C2)c(C)c1C(=O)OC. The van der Waals surface area contributed by atoms with E-state index in [0.717, 1.165) is 30.6 Å². The van der Waals surface area contributed by atoms with E-state index in [0.29, 0.717) is 42.0 Å². The van der Waals surface area contributed by atoms with Gasteiger partial charge in [-0.15, -0.1) is 0 Å². The monoisotopic (exact) mass is 399 g/mol. The summed E-state index contributed by atoms with van der Waals surface area (Å²) in [6, 6.07) is 7.99. The molecule has 2 aromatic rings. The Hall–Kier alpha value is -2.64. The van der Waals surface area contributed by atoms with Crippen LogP contribution in [0.1, 0.15) is 56.6 Å². The van der Waals surface area contributed by atoms with Gasteiger partial charge in [0.25, 0.3) is 5.91 Å². The molecule has 2 heterocycles. The van der Waals surface area contributed by atoms with Gasteiger partial charge in [-0.25, -0.2) is 4.79 Å². The van der Waals surface area contributed by atoms with Crippen molar-refractivity contribution in [1.29, 1.82) is 0 Å². The number of ether oxygens (including phenoxy) is 1. The van der Waals surface area contributed by atoms with Gasteiger partial charge in [0.15, 0.2) is 0 Å². The highest BCUT2D eigenvalue weighted by Gasteiger charge is 2.24. The van der Waals surface area contributed by atoms with E-state index in [4.69, 9.17) is 4.74 Å². The molecule has 29 heavy (non-hydrogen) atoms. The lowest BCUT2D eigenvalue weighted by Gasteiger charge is -2.18. The van der Waals surface area contributed by atoms with Crippen molar-refractivity contribution in [1.82, 2.24) is 15.2 Å². The summed E-state index contributed by atoms with van der Waals surface area (Å²) in [5, 5.41) is 12.7. The predicted molar refractivity (Wildman–Crippen MR) is 110 cm³/mol. The van der Waals surface area contributed by atoms with Crippen LogP contribution in [0.15, 0.2) is 24.3 Å². The number of nitrogens with zero attached hydrogens (tertiary/aromatic N) is 1. The van der Waals surface area contributed by atoms with Crippen molar-refractivity contribution in [3.8, 4) is 0 Å². The maximum atomic E-state index is 12.8. The first kappa shape index (κ1) is 21.1. The van der Waals surface area contributed by atoms with Gasteiger partial charge in [-0.05, 0) is 36.5 Å². The Morgan fingerprint density at radius 2 is 2.03 bits per heavy atom. The van der Waals surface area contributed by atoms with Gasteiger partial charge in [0.05, 0.1) is 18.8 Å². The molecule has 7 heteroatoms. The number of carbonyl (C=O) groups excluding carboxylic acids is 2. The normalized spacial score (nSPS) is 16.8. The number of H-pyrrole nitrogens is 1. The topological polar surface area (TPSA) is 94.7 Å². The molecule has 3 rings (SSSR count). The van der Waals surface area contributed by atoms with Crippen molar-refractivity contribution >= 4 is 11.9 Å². The number of carbonyl (C=O) groups is 2. The molecule has 0 bridgehead atoms. The fourth-order valence-electron chi connectivity index (χ4n) is 3.87. The van der Waals surface area contributed by atoms with E-state index in [1.165, 1.54) is 7.11 Å². The average molecular weight is 399 g/mol. The Balaban J connectivity index is 1.72. The third-order valence-electron chi connectivity index (χ3n) is 5.50. The van der Waals surface area contributed by atoms with Crippen molar-refractivity contribution < 1.29 is 19.4 Å². The number of β-amino-alcohol motifs (C(OH)–C–C–N with tert-alkyl or cyclic N) is 1. The fourth-order valence-corrected chi connectivity index (χ4v) is 3.87. The van der Waals surface area contributed by atoms with Gasteiger partial charge < -0.3 is 20.1 Å². The number of hydrogen-bond acceptors (Lipinski definition) is 5. The summed E-state index contributed by atoms with van der Waals surface area (Å²) in [6.45, 7) is 6.36. The molecule has 7 nitrogen and oxygen atoms in total. The molecular formula is C22H29N3O4. The molecule has 1 aromatic carbocycles. The predicted octanol–water partition coefficient (Wildman–Crippen LogP) is 2.17. The number of rotatable bonds is 7. The summed E-state index contributed by atoms with van der Waals surface area (Å²) in [5.74, 6) is -0.688. The molecule has 1 amide bonds. The van der Waals surface area contributed by atoms with Crippen LogP contribution >= 0.6 is 0 Å². The molecule has 0 radical (unpaired) electrons. The highest BCUT2D eigenvalue weighted by Crippen LogP contribution is 2.21. The molecule has 1 aromatic heterocycles. The molecule has 0 saturated carbocycles. The van der Waals surface area contributed by atoms with E-state index < -0.39 is 5.97 Å². The largest absolute Gasteiger partial charge is 0.465 e. The highest BCUT2D eigenvalue weighted by atomic mass is 16.5. The number of aromatic amines is 1. The number of likely N-dealkylation sites (tertiary alicyclic amines) is 1. The lowest BCUT2D eigenvalue weighted by atomic mass is 10.1. The molecule has 1 aliphatic heterocycles. The van der Waals surface area contributed by atoms with E-state index in [9.17, 15) is 14.7 Å². The Bertz CT molecular complexity index is 890. The molecule has 1 fully saturated rings. The quantitative estimate of drug-likeness (QED) is 0.621. The minimum absolute atomic E-state index is 0.251. The van der Waals surface area contributed by atoms with Crippen LogP contribution in [0.4, 0.5) is 0 Å². The fraction of sp³-hybridized carbons (Fsp3) is 0.455. The number of methoxy groups -OCH3 is 1. The number of aliphatic hydroxyl groups excluding tert-OH is 1. The standard InChI is InChI=1S/C22H29N3O4/c1-4-18-19(22(28)29-3)14(2)20(24-18)21(27)23-11-15-7-5-6-8-16(15)12-25-10-9-17(26)13-25/h5-8,17,24,26H,4,9-13H2,1-3H3,(H,23,27). The molecule has 0 aliphatic carbocycles. The first-order chi connectivity index (χ1) is 13.9. The molecule has 1 atom stereocenters. The Morgan fingerprint density at radius 1 is 1.31 bits per heavy atom. The lowest BCUT2D eigenvalue weighted by molar-refractivity contribution is 0.0599. The van der Waals surface area contributed by atoms with Crippen LogP contribution in [-0.2, 0) is 24.2 Å². The number of nitrogens with one attached hydrogen (secondary N) is 2. The second kappa shape index (κ2) is 9.24. The van der Waals surface area contributed by atoms with Gasteiger partial charge >= 0.3 is 5.97 Å².